The van der Waals surface area contributed by atoms with E-state index in [1.807, 2.05) is 20.0 Å². The molecule has 1 N–H and O–H groups in total. The van der Waals surface area contributed by atoms with Crippen molar-refractivity contribution in [3.8, 4) is 5.75 Å². The third-order valence-electron chi connectivity index (χ3n) is 3.36. The van der Waals surface area contributed by atoms with Crippen molar-refractivity contribution in [2.75, 3.05) is 26.9 Å². The third-order valence-corrected chi connectivity index (χ3v) is 3.98. The van der Waals surface area contributed by atoms with E-state index >= 15 is 0 Å². The van der Waals surface area contributed by atoms with Gasteiger partial charge in [0, 0.05) is 18.6 Å². The van der Waals surface area contributed by atoms with Gasteiger partial charge in [-0.1, -0.05) is 6.07 Å². The van der Waals surface area contributed by atoms with Crippen molar-refractivity contribution in [1.82, 2.24) is 5.32 Å². The Morgan fingerprint density at radius 2 is 2.39 bits per heavy atom. The minimum atomic E-state index is 0.347. The van der Waals surface area contributed by atoms with Crippen LogP contribution < -0.4 is 10.1 Å². The summed E-state index contributed by atoms with van der Waals surface area (Å²) in [6, 6.07) is 6.66. The molecule has 0 radical (unpaired) electrons. The van der Waals surface area contributed by atoms with Crippen LogP contribution in [-0.4, -0.2) is 26.9 Å². The van der Waals surface area contributed by atoms with E-state index in [1.165, 1.54) is 5.56 Å². The first-order valence-electron chi connectivity index (χ1n) is 6.43. The summed E-state index contributed by atoms with van der Waals surface area (Å²) in [4.78, 5) is 0. The fraction of sp³-hybridized carbons (Fsp3) is 0.571. The highest BCUT2D eigenvalue weighted by molar-refractivity contribution is 9.10. The van der Waals surface area contributed by atoms with Crippen molar-refractivity contribution in [2.24, 2.45) is 5.92 Å². The van der Waals surface area contributed by atoms with Crippen molar-refractivity contribution < 1.29 is 9.47 Å². The van der Waals surface area contributed by atoms with Crippen molar-refractivity contribution in [3.05, 3.63) is 28.2 Å². The molecule has 100 valence electrons. The van der Waals surface area contributed by atoms with Gasteiger partial charge in [-0.25, -0.2) is 0 Å². The smallest absolute Gasteiger partial charge is 0.133 e. The number of halogens is 1. The second kappa shape index (κ2) is 6.55. The SMILES string of the molecule is CCOc1ccc(C(NC)C2CCOC2)cc1Br. The van der Waals surface area contributed by atoms with Gasteiger partial charge in [0.1, 0.15) is 5.75 Å². The Morgan fingerprint density at radius 3 is 2.94 bits per heavy atom. The van der Waals surface area contributed by atoms with Gasteiger partial charge in [0.2, 0.25) is 0 Å². The zero-order valence-corrected chi connectivity index (χ0v) is 12.5. The molecule has 1 heterocycles. The quantitative estimate of drug-likeness (QED) is 0.906. The average Bonchev–Trinajstić information content (AvgIpc) is 2.87. The molecule has 1 aromatic carbocycles. The molecule has 0 spiro atoms. The van der Waals surface area contributed by atoms with E-state index < -0.39 is 0 Å². The Balaban J connectivity index is 2.17. The van der Waals surface area contributed by atoms with Crippen molar-refractivity contribution in [3.63, 3.8) is 0 Å². The molecular weight excluding hydrogens is 294 g/mol. The van der Waals surface area contributed by atoms with Crippen molar-refractivity contribution >= 4 is 15.9 Å². The minimum Gasteiger partial charge on any atom is -0.493 e. The Hall–Kier alpha value is -0.580. The minimum absolute atomic E-state index is 0.347. The lowest BCUT2D eigenvalue weighted by Gasteiger charge is -2.23. The molecule has 4 heteroatoms. The molecule has 1 saturated heterocycles. The lowest BCUT2D eigenvalue weighted by molar-refractivity contribution is 0.178. The van der Waals surface area contributed by atoms with Gasteiger partial charge in [0.05, 0.1) is 17.7 Å². The molecular formula is C14H20BrNO2. The molecule has 0 amide bonds. The Morgan fingerprint density at radius 1 is 1.56 bits per heavy atom. The summed E-state index contributed by atoms with van der Waals surface area (Å²) in [5.41, 5.74) is 1.28. The van der Waals surface area contributed by atoms with Crippen LogP contribution in [0.4, 0.5) is 0 Å². The van der Waals surface area contributed by atoms with Gasteiger partial charge in [0.25, 0.3) is 0 Å². The van der Waals surface area contributed by atoms with E-state index in [4.69, 9.17) is 9.47 Å². The van der Waals surface area contributed by atoms with Crippen molar-refractivity contribution in [2.45, 2.75) is 19.4 Å². The van der Waals surface area contributed by atoms with Gasteiger partial charge >= 0.3 is 0 Å². The first kappa shape index (κ1) is 13.8. The Bertz CT molecular complexity index is 391. The van der Waals surface area contributed by atoms with E-state index in [0.29, 0.717) is 18.6 Å². The van der Waals surface area contributed by atoms with Crippen LogP contribution in [0, 0.1) is 5.92 Å². The van der Waals surface area contributed by atoms with Gasteiger partial charge in [-0.2, -0.15) is 0 Å². The van der Waals surface area contributed by atoms with Crippen LogP contribution in [0.2, 0.25) is 0 Å². The highest BCUT2D eigenvalue weighted by Gasteiger charge is 2.26. The zero-order chi connectivity index (χ0) is 13.0. The van der Waals surface area contributed by atoms with Crippen LogP contribution in [0.25, 0.3) is 0 Å². The Kier molecular flexibility index (Phi) is 5.03. The molecule has 1 aliphatic rings. The Labute approximate surface area is 117 Å². The highest BCUT2D eigenvalue weighted by atomic mass is 79.9. The molecule has 0 aromatic heterocycles. The average molecular weight is 314 g/mol. The van der Waals surface area contributed by atoms with Gasteiger partial charge in [-0.15, -0.1) is 0 Å². The molecule has 2 rings (SSSR count). The van der Waals surface area contributed by atoms with Crippen LogP contribution in [0.15, 0.2) is 22.7 Å². The first-order chi connectivity index (χ1) is 8.76. The molecule has 1 aromatic rings. The summed E-state index contributed by atoms with van der Waals surface area (Å²) >= 11 is 3.57. The summed E-state index contributed by atoms with van der Waals surface area (Å²) in [7, 11) is 2.01. The molecule has 0 aliphatic carbocycles. The van der Waals surface area contributed by atoms with E-state index in [2.05, 4.69) is 33.4 Å². The second-order valence-corrected chi connectivity index (χ2v) is 5.37. The topological polar surface area (TPSA) is 30.5 Å². The molecule has 1 fully saturated rings. The summed E-state index contributed by atoms with van der Waals surface area (Å²) < 4.78 is 12.0. The molecule has 2 atom stereocenters. The number of benzene rings is 1. The van der Waals surface area contributed by atoms with Gasteiger partial charge in [0.15, 0.2) is 0 Å². The predicted octanol–water partition coefficient (Wildman–Crippen LogP) is 3.14. The lowest BCUT2D eigenvalue weighted by Crippen LogP contribution is -2.25. The monoisotopic (exact) mass is 313 g/mol. The first-order valence-corrected chi connectivity index (χ1v) is 7.22. The predicted molar refractivity (Wildman–Crippen MR) is 76.0 cm³/mol. The number of hydrogen-bond donors (Lipinski definition) is 1. The molecule has 1 aliphatic heterocycles. The van der Waals surface area contributed by atoms with Crippen molar-refractivity contribution in [1.29, 1.82) is 0 Å². The lowest BCUT2D eigenvalue weighted by atomic mass is 9.92. The van der Waals surface area contributed by atoms with Gasteiger partial charge < -0.3 is 14.8 Å². The number of hydrogen-bond acceptors (Lipinski definition) is 3. The fourth-order valence-electron chi connectivity index (χ4n) is 2.47. The number of rotatable bonds is 5. The molecule has 0 bridgehead atoms. The highest BCUT2D eigenvalue weighted by Crippen LogP contribution is 2.33. The summed E-state index contributed by atoms with van der Waals surface area (Å²) in [5.74, 6) is 1.46. The molecule has 18 heavy (non-hydrogen) atoms. The maximum atomic E-state index is 5.54. The third kappa shape index (κ3) is 3.05. The molecule has 2 unspecified atom stereocenters. The number of ether oxygens (including phenoxy) is 2. The fourth-order valence-corrected chi connectivity index (χ4v) is 2.98. The van der Waals surface area contributed by atoms with Crippen LogP contribution in [0.3, 0.4) is 0 Å². The van der Waals surface area contributed by atoms with Crippen LogP contribution >= 0.6 is 15.9 Å². The largest absolute Gasteiger partial charge is 0.493 e. The maximum absolute atomic E-state index is 5.54. The second-order valence-electron chi connectivity index (χ2n) is 4.51. The van der Waals surface area contributed by atoms with Gasteiger partial charge in [-0.05, 0) is 54.0 Å². The standard InChI is InChI=1S/C14H20BrNO2/c1-3-18-13-5-4-10(8-12(13)15)14(16-2)11-6-7-17-9-11/h4-5,8,11,14,16H,3,6-7,9H2,1-2H3. The normalized spacial score (nSPS) is 20.9. The van der Waals surface area contributed by atoms with E-state index in [9.17, 15) is 0 Å². The zero-order valence-electron chi connectivity index (χ0n) is 10.9. The molecule has 0 saturated carbocycles. The molecule has 3 nitrogen and oxygen atoms in total. The van der Waals surface area contributed by atoms with Crippen LogP contribution in [-0.2, 0) is 4.74 Å². The van der Waals surface area contributed by atoms with Crippen LogP contribution in [0.1, 0.15) is 24.9 Å². The van der Waals surface area contributed by atoms with E-state index in [0.717, 1.165) is 29.9 Å². The summed E-state index contributed by atoms with van der Waals surface area (Å²) in [6.45, 7) is 4.40. The summed E-state index contributed by atoms with van der Waals surface area (Å²) in [6.07, 6.45) is 1.12. The van der Waals surface area contributed by atoms with Gasteiger partial charge in [-0.3, -0.25) is 0 Å². The number of nitrogens with one attached hydrogen (secondary N) is 1. The van der Waals surface area contributed by atoms with E-state index in [1.54, 1.807) is 0 Å². The van der Waals surface area contributed by atoms with Crippen LogP contribution in [0.5, 0.6) is 5.75 Å². The maximum Gasteiger partial charge on any atom is 0.133 e. The summed E-state index contributed by atoms with van der Waals surface area (Å²) in [5, 5.41) is 3.40. The van der Waals surface area contributed by atoms with E-state index in [-0.39, 0.29) is 0 Å².